The molecule has 0 aliphatic heterocycles. The molecule has 0 aliphatic carbocycles. The van der Waals surface area contributed by atoms with E-state index in [-0.39, 0.29) is 11.5 Å². The third-order valence-corrected chi connectivity index (χ3v) is 5.48. The predicted octanol–water partition coefficient (Wildman–Crippen LogP) is 5.98. The molecule has 0 spiro atoms. The van der Waals surface area contributed by atoms with Crippen molar-refractivity contribution in [1.82, 2.24) is 0 Å². The number of aliphatic hydroxyl groups is 1. The van der Waals surface area contributed by atoms with Crippen LogP contribution in [0.15, 0.2) is 78.9 Å². The first-order valence-electron chi connectivity index (χ1n) is 9.79. The van der Waals surface area contributed by atoms with Gasteiger partial charge < -0.3 is 9.84 Å². The molecule has 0 heterocycles. The van der Waals surface area contributed by atoms with Crippen LogP contribution in [0.25, 0.3) is 0 Å². The fraction of sp³-hybridized carbons (Fsp3) is 0.308. The van der Waals surface area contributed by atoms with Crippen molar-refractivity contribution in [2.75, 3.05) is 7.11 Å². The lowest BCUT2D eigenvalue weighted by Gasteiger charge is -2.34. The van der Waals surface area contributed by atoms with Crippen LogP contribution < -0.4 is 0 Å². The first-order valence-corrected chi connectivity index (χ1v) is 9.79. The van der Waals surface area contributed by atoms with E-state index in [4.69, 9.17) is 4.74 Å². The summed E-state index contributed by atoms with van der Waals surface area (Å²) in [5, 5.41) is 12.3. The largest absolute Gasteiger partial charge is 0.377 e. The van der Waals surface area contributed by atoms with Crippen LogP contribution in [0, 0.1) is 0 Å². The molecule has 0 amide bonds. The van der Waals surface area contributed by atoms with E-state index in [0.29, 0.717) is 0 Å². The number of benzene rings is 3. The van der Waals surface area contributed by atoms with Gasteiger partial charge in [-0.2, -0.15) is 0 Å². The Morgan fingerprint density at radius 2 is 1.25 bits per heavy atom. The van der Waals surface area contributed by atoms with E-state index in [9.17, 15) is 5.11 Å². The van der Waals surface area contributed by atoms with E-state index in [2.05, 4.69) is 39.0 Å². The average molecular weight is 375 g/mol. The monoisotopic (exact) mass is 374 g/mol. The fourth-order valence-corrected chi connectivity index (χ4v) is 3.65. The Labute approximate surface area is 168 Å². The second-order valence-electron chi connectivity index (χ2n) is 8.37. The summed E-state index contributed by atoms with van der Waals surface area (Å²) in [5.41, 5.74) is 3.43. The Hall–Kier alpha value is -2.42. The maximum absolute atomic E-state index is 12.3. The van der Waals surface area contributed by atoms with Gasteiger partial charge in [0, 0.05) is 7.11 Å². The lowest BCUT2D eigenvalue weighted by molar-refractivity contribution is 0.100. The van der Waals surface area contributed by atoms with E-state index < -0.39 is 5.60 Å². The maximum Gasteiger partial charge on any atom is 0.140 e. The molecule has 0 aromatic heterocycles. The van der Waals surface area contributed by atoms with Crippen molar-refractivity contribution in [3.05, 3.63) is 107 Å². The zero-order chi connectivity index (χ0) is 20.4. The summed E-state index contributed by atoms with van der Waals surface area (Å²) in [6, 6.07) is 26.1. The number of hydrogen-bond donors (Lipinski definition) is 1. The van der Waals surface area contributed by atoms with E-state index in [1.54, 1.807) is 7.11 Å². The lowest BCUT2D eigenvalue weighted by atomic mass is 9.75. The van der Waals surface area contributed by atoms with Crippen LogP contribution in [-0.2, 0) is 15.8 Å². The molecule has 28 heavy (non-hydrogen) atoms. The normalized spacial score (nSPS) is 13.4. The number of methoxy groups -OCH3 is 1. The van der Waals surface area contributed by atoms with E-state index in [1.165, 1.54) is 5.56 Å². The third-order valence-electron chi connectivity index (χ3n) is 5.48. The summed E-state index contributed by atoms with van der Waals surface area (Å²) in [6.45, 7) is 8.59. The van der Waals surface area contributed by atoms with Crippen LogP contribution in [0.1, 0.15) is 61.6 Å². The summed E-state index contributed by atoms with van der Waals surface area (Å²) in [5.74, 6) is 0. The predicted molar refractivity (Wildman–Crippen MR) is 116 cm³/mol. The zero-order valence-electron chi connectivity index (χ0n) is 17.4. The van der Waals surface area contributed by atoms with Crippen LogP contribution in [0.4, 0.5) is 0 Å². The SMILES string of the molecule is CO[C@H](C)c1ccc(C(C)(C)C)cc1C(O)(c1ccccc1)c1ccccc1. The highest BCUT2D eigenvalue weighted by atomic mass is 16.5. The van der Waals surface area contributed by atoms with Gasteiger partial charge in [0.2, 0.25) is 0 Å². The molecule has 0 bridgehead atoms. The zero-order valence-corrected chi connectivity index (χ0v) is 17.4. The lowest BCUT2D eigenvalue weighted by Crippen LogP contribution is -2.31. The molecule has 0 radical (unpaired) electrons. The van der Waals surface area contributed by atoms with Gasteiger partial charge in [0.05, 0.1) is 6.10 Å². The molecule has 2 nitrogen and oxygen atoms in total. The molecule has 0 saturated heterocycles. The molecule has 0 aliphatic rings. The van der Waals surface area contributed by atoms with Crippen molar-refractivity contribution in [1.29, 1.82) is 0 Å². The Balaban J connectivity index is 2.37. The molecule has 2 heteroatoms. The third kappa shape index (κ3) is 3.76. The van der Waals surface area contributed by atoms with Crippen LogP contribution in [0.3, 0.4) is 0 Å². The topological polar surface area (TPSA) is 29.5 Å². The smallest absolute Gasteiger partial charge is 0.140 e. The second kappa shape index (κ2) is 7.90. The highest BCUT2D eigenvalue weighted by Crippen LogP contribution is 2.42. The van der Waals surface area contributed by atoms with Crippen molar-refractivity contribution in [2.24, 2.45) is 0 Å². The van der Waals surface area contributed by atoms with Crippen LogP contribution in [0.2, 0.25) is 0 Å². The first kappa shape index (κ1) is 20.3. The van der Waals surface area contributed by atoms with E-state index in [1.807, 2.05) is 67.6 Å². The Bertz CT molecular complexity index is 869. The summed E-state index contributed by atoms with van der Waals surface area (Å²) in [4.78, 5) is 0. The molecular weight excluding hydrogens is 344 g/mol. The van der Waals surface area contributed by atoms with Crippen molar-refractivity contribution in [2.45, 2.75) is 44.8 Å². The Kier molecular flexibility index (Phi) is 5.74. The number of ether oxygens (including phenoxy) is 1. The van der Waals surface area contributed by atoms with Crippen LogP contribution in [0.5, 0.6) is 0 Å². The van der Waals surface area contributed by atoms with Gasteiger partial charge in [0.1, 0.15) is 5.60 Å². The molecule has 1 atom stereocenters. The fourth-order valence-electron chi connectivity index (χ4n) is 3.65. The molecule has 0 unspecified atom stereocenters. The molecule has 3 aromatic carbocycles. The highest BCUT2D eigenvalue weighted by molar-refractivity contribution is 5.52. The van der Waals surface area contributed by atoms with Gasteiger partial charge >= 0.3 is 0 Å². The molecule has 0 saturated carbocycles. The second-order valence-corrected chi connectivity index (χ2v) is 8.37. The maximum atomic E-state index is 12.3. The highest BCUT2D eigenvalue weighted by Gasteiger charge is 2.37. The van der Waals surface area contributed by atoms with Gasteiger partial charge in [-0.3, -0.25) is 0 Å². The molecule has 1 N–H and O–H groups in total. The van der Waals surface area contributed by atoms with E-state index in [0.717, 1.165) is 22.3 Å². The van der Waals surface area contributed by atoms with Crippen molar-refractivity contribution < 1.29 is 9.84 Å². The van der Waals surface area contributed by atoms with Crippen LogP contribution in [-0.4, -0.2) is 12.2 Å². The number of rotatable bonds is 5. The van der Waals surface area contributed by atoms with Gasteiger partial charge in [0.15, 0.2) is 0 Å². The average Bonchev–Trinajstić information content (AvgIpc) is 2.72. The van der Waals surface area contributed by atoms with Gasteiger partial charge in [0.25, 0.3) is 0 Å². The Morgan fingerprint density at radius 3 is 1.68 bits per heavy atom. The van der Waals surface area contributed by atoms with Crippen molar-refractivity contribution in [3.8, 4) is 0 Å². The minimum Gasteiger partial charge on any atom is -0.377 e. The standard InChI is InChI=1S/C26H30O2/c1-19(28-5)23-17-16-22(25(2,3)4)18-24(23)26(27,20-12-8-6-9-13-20)21-14-10-7-11-15-21/h6-19,27H,1-5H3/t19-/m1/s1. The molecule has 3 rings (SSSR count). The van der Waals surface area contributed by atoms with E-state index >= 15 is 0 Å². The minimum atomic E-state index is -1.27. The van der Waals surface area contributed by atoms with Crippen molar-refractivity contribution >= 4 is 0 Å². The molecule has 3 aromatic rings. The summed E-state index contributed by atoms with van der Waals surface area (Å²) < 4.78 is 5.66. The molecular formula is C26H30O2. The van der Waals surface area contributed by atoms with Crippen molar-refractivity contribution in [3.63, 3.8) is 0 Å². The van der Waals surface area contributed by atoms with Gasteiger partial charge in [-0.15, -0.1) is 0 Å². The summed E-state index contributed by atoms with van der Waals surface area (Å²) in [6.07, 6.45) is -0.136. The van der Waals surface area contributed by atoms with Gasteiger partial charge in [-0.25, -0.2) is 0 Å². The molecule has 146 valence electrons. The summed E-state index contributed by atoms with van der Waals surface area (Å²) >= 11 is 0. The summed E-state index contributed by atoms with van der Waals surface area (Å²) in [7, 11) is 1.70. The first-order chi connectivity index (χ1) is 13.3. The van der Waals surface area contributed by atoms with Crippen LogP contribution >= 0.6 is 0 Å². The Morgan fingerprint density at radius 1 is 0.750 bits per heavy atom. The quantitative estimate of drug-likeness (QED) is 0.557. The van der Waals surface area contributed by atoms with Gasteiger partial charge in [-0.05, 0) is 40.2 Å². The number of hydrogen-bond acceptors (Lipinski definition) is 2. The molecule has 0 fully saturated rings. The minimum absolute atomic E-state index is 0.0299. The van der Waals surface area contributed by atoms with Gasteiger partial charge in [-0.1, -0.05) is 99.6 Å².